The van der Waals surface area contributed by atoms with Gasteiger partial charge >= 0.3 is 13.8 Å². The molecule has 0 fully saturated rings. The minimum atomic E-state index is -4.33. The second-order valence-electron chi connectivity index (χ2n) is 16.5. The number of hydrogen-bond acceptors (Lipinski definition) is 8. The number of quaternary nitrogens is 1. The van der Waals surface area contributed by atoms with Gasteiger partial charge in [0.1, 0.15) is 19.8 Å². The average Bonchev–Trinajstić information content (AvgIpc) is 3.13. The molecule has 326 valence electrons. The Bertz CT molecular complexity index is 971. The normalized spacial score (nSPS) is 15.1. The van der Waals surface area contributed by atoms with E-state index in [1.165, 1.54) is 96.3 Å². The van der Waals surface area contributed by atoms with Crippen molar-refractivity contribution in [1.82, 2.24) is 0 Å². The Balaban J connectivity index is 4.40. The number of ether oxygens (including phenoxy) is 2. The molecule has 0 saturated carbocycles. The zero-order valence-corrected chi connectivity index (χ0v) is 37.0. The monoisotopic (exact) mass is 805 g/mol. The Morgan fingerprint density at radius 3 is 1.75 bits per heavy atom. The first-order valence-corrected chi connectivity index (χ1v) is 23.8. The highest BCUT2D eigenvalue weighted by Gasteiger charge is 2.26. The van der Waals surface area contributed by atoms with Crippen LogP contribution in [0, 0.1) is 0 Å². The summed E-state index contributed by atoms with van der Waals surface area (Å²) in [6.45, 7) is 4.70. The fraction of sp³-hybridized carbons (Fsp3) is 0.886. The summed E-state index contributed by atoms with van der Waals surface area (Å²) in [5, 5.41) is 20.5. The largest absolute Gasteiger partial charge is 0.498 e. The van der Waals surface area contributed by atoms with Gasteiger partial charge in [-0.3, -0.25) is 13.8 Å². The molecule has 0 aliphatic rings. The number of phosphoric acid groups is 1. The highest BCUT2D eigenvalue weighted by molar-refractivity contribution is 7.47. The molecule has 0 radical (unpaired) electrons. The zero-order valence-electron chi connectivity index (χ0n) is 36.1. The number of carbonyl (C=O) groups is 1. The van der Waals surface area contributed by atoms with Gasteiger partial charge in [0.05, 0.1) is 46.2 Å². The van der Waals surface area contributed by atoms with Crippen molar-refractivity contribution in [2.75, 3.05) is 47.5 Å². The van der Waals surface area contributed by atoms with E-state index in [0.29, 0.717) is 30.3 Å². The van der Waals surface area contributed by atoms with Gasteiger partial charge in [0.2, 0.25) is 0 Å². The molecule has 0 aliphatic carbocycles. The van der Waals surface area contributed by atoms with E-state index in [1.54, 1.807) is 6.26 Å². The first-order chi connectivity index (χ1) is 26.4. The first-order valence-electron chi connectivity index (χ1n) is 22.3. The smallest absolute Gasteiger partial charge is 0.472 e. The molecule has 0 aromatic heterocycles. The topological polar surface area (TPSA) is 132 Å². The second kappa shape index (κ2) is 37.0. The van der Waals surface area contributed by atoms with Gasteiger partial charge in [0, 0.05) is 6.42 Å². The van der Waals surface area contributed by atoms with Gasteiger partial charge in [-0.05, 0) is 51.0 Å². The van der Waals surface area contributed by atoms with Crippen LogP contribution in [-0.4, -0.2) is 91.4 Å². The standard InChI is InChI=1S/C44H86NO9P/c1-6-8-10-12-14-15-16-17-18-19-20-21-22-23-28-32-37-51-39-41(40-53-55(49,50)52-38-36-45(3,4)5)54-44(48)35-31-27-24-26-30-34-43(47)42(46)33-29-25-13-11-9-7-2/h25,29,32,37,41-43,46-47H,6-24,26-28,30-31,33-36,38-40H2,1-5H3/p+1/b29-25-,37-32+/t41-,42+,43+/m1/s1. The third kappa shape index (κ3) is 39.4. The van der Waals surface area contributed by atoms with Gasteiger partial charge in [-0.1, -0.05) is 148 Å². The van der Waals surface area contributed by atoms with E-state index < -0.39 is 32.1 Å². The Labute approximate surface area is 338 Å². The van der Waals surface area contributed by atoms with Crippen LogP contribution in [0.2, 0.25) is 0 Å². The summed E-state index contributed by atoms with van der Waals surface area (Å²) in [6.07, 6.45) is 34.7. The SMILES string of the molecule is CCCCC/C=C\C[C@H](O)[C@@H](O)CCCCCCCC(=O)O[C@H](CO/C=C/CCCCCCCCCCCCCCCC)COP(=O)(O)OCC[N+](C)(C)C. The third-order valence-electron chi connectivity index (χ3n) is 9.78. The summed E-state index contributed by atoms with van der Waals surface area (Å²) >= 11 is 0. The summed E-state index contributed by atoms with van der Waals surface area (Å²) in [6, 6.07) is 0. The number of hydrogen-bond donors (Lipinski definition) is 3. The van der Waals surface area contributed by atoms with Crippen molar-refractivity contribution in [3.63, 3.8) is 0 Å². The number of unbranched alkanes of at least 4 members (excludes halogenated alkanes) is 21. The minimum Gasteiger partial charge on any atom is -0.498 e. The maximum atomic E-state index is 12.7. The van der Waals surface area contributed by atoms with Crippen molar-refractivity contribution in [3.8, 4) is 0 Å². The maximum absolute atomic E-state index is 12.7. The Hall–Kier alpha value is -1.26. The summed E-state index contributed by atoms with van der Waals surface area (Å²) in [5.74, 6) is -0.413. The number of phosphoric ester groups is 1. The van der Waals surface area contributed by atoms with E-state index in [1.807, 2.05) is 33.3 Å². The number of likely N-dealkylation sites (N-methyl/N-ethyl adjacent to an activating group) is 1. The number of rotatable bonds is 41. The number of esters is 1. The van der Waals surface area contributed by atoms with Crippen LogP contribution in [0.4, 0.5) is 0 Å². The van der Waals surface area contributed by atoms with E-state index >= 15 is 0 Å². The van der Waals surface area contributed by atoms with Gasteiger partial charge in [-0.2, -0.15) is 0 Å². The molecular formula is C44H87NO9P+. The van der Waals surface area contributed by atoms with E-state index in [0.717, 1.165) is 51.4 Å². The van der Waals surface area contributed by atoms with Gasteiger partial charge < -0.3 is 29.1 Å². The number of allylic oxidation sites excluding steroid dienone is 2. The van der Waals surface area contributed by atoms with Crippen molar-refractivity contribution in [2.24, 2.45) is 0 Å². The predicted molar refractivity (Wildman–Crippen MR) is 227 cm³/mol. The molecular weight excluding hydrogens is 717 g/mol. The Morgan fingerprint density at radius 2 is 1.15 bits per heavy atom. The second-order valence-corrected chi connectivity index (χ2v) is 17.9. The minimum absolute atomic E-state index is 0.00266. The van der Waals surface area contributed by atoms with Gasteiger partial charge in [0.25, 0.3) is 0 Å². The molecule has 0 heterocycles. The highest BCUT2D eigenvalue weighted by atomic mass is 31.2. The molecule has 0 saturated heterocycles. The van der Waals surface area contributed by atoms with Gasteiger partial charge in [-0.15, -0.1) is 0 Å². The average molecular weight is 805 g/mol. The Kier molecular flexibility index (Phi) is 36.2. The fourth-order valence-electron chi connectivity index (χ4n) is 6.13. The van der Waals surface area contributed by atoms with Crippen LogP contribution in [0.1, 0.15) is 187 Å². The molecule has 3 N–H and O–H groups in total. The third-order valence-corrected chi connectivity index (χ3v) is 10.8. The highest BCUT2D eigenvalue weighted by Crippen LogP contribution is 2.43. The summed E-state index contributed by atoms with van der Waals surface area (Å²) in [5.41, 5.74) is 0. The van der Waals surface area contributed by atoms with Crippen molar-refractivity contribution >= 4 is 13.8 Å². The first kappa shape index (κ1) is 53.7. The molecule has 0 amide bonds. The summed E-state index contributed by atoms with van der Waals surface area (Å²) in [7, 11) is 1.54. The van der Waals surface area contributed by atoms with Crippen molar-refractivity contribution < 1.29 is 47.5 Å². The summed E-state index contributed by atoms with van der Waals surface area (Å²) in [4.78, 5) is 22.9. The maximum Gasteiger partial charge on any atom is 0.472 e. The number of aliphatic hydroxyl groups excluding tert-OH is 2. The van der Waals surface area contributed by atoms with Crippen LogP contribution in [-0.2, 0) is 27.9 Å². The van der Waals surface area contributed by atoms with Crippen LogP contribution in [0.3, 0.4) is 0 Å². The molecule has 0 bridgehead atoms. The quantitative estimate of drug-likeness (QED) is 0.0138. The molecule has 1 unspecified atom stereocenters. The molecule has 55 heavy (non-hydrogen) atoms. The van der Waals surface area contributed by atoms with Gasteiger partial charge in [0.15, 0.2) is 6.10 Å². The number of carbonyl (C=O) groups excluding carboxylic acids is 1. The lowest BCUT2D eigenvalue weighted by molar-refractivity contribution is -0.870. The lowest BCUT2D eigenvalue weighted by Crippen LogP contribution is -2.37. The van der Waals surface area contributed by atoms with Crippen molar-refractivity contribution in [3.05, 3.63) is 24.5 Å². The number of aliphatic hydroxyl groups is 2. The van der Waals surface area contributed by atoms with Gasteiger partial charge in [-0.25, -0.2) is 4.57 Å². The molecule has 4 atom stereocenters. The molecule has 0 aromatic carbocycles. The van der Waals surface area contributed by atoms with E-state index in [-0.39, 0.29) is 26.2 Å². The fourth-order valence-corrected chi connectivity index (χ4v) is 6.87. The zero-order chi connectivity index (χ0) is 40.9. The van der Waals surface area contributed by atoms with E-state index in [4.69, 9.17) is 18.5 Å². The van der Waals surface area contributed by atoms with Crippen LogP contribution in [0.5, 0.6) is 0 Å². The van der Waals surface area contributed by atoms with Crippen molar-refractivity contribution in [2.45, 2.75) is 206 Å². The molecule has 0 spiro atoms. The van der Waals surface area contributed by atoms with E-state index in [9.17, 15) is 24.5 Å². The molecule has 11 heteroatoms. The number of nitrogens with zero attached hydrogens (tertiary/aromatic N) is 1. The summed E-state index contributed by atoms with van der Waals surface area (Å²) < 4.78 is 34.6. The molecule has 0 aromatic rings. The lowest BCUT2D eigenvalue weighted by Gasteiger charge is -2.24. The van der Waals surface area contributed by atoms with Crippen molar-refractivity contribution in [1.29, 1.82) is 0 Å². The predicted octanol–water partition coefficient (Wildman–Crippen LogP) is 11.1. The van der Waals surface area contributed by atoms with Crippen LogP contribution < -0.4 is 0 Å². The van der Waals surface area contributed by atoms with Crippen LogP contribution in [0.25, 0.3) is 0 Å². The van der Waals surface area contributed by atoms with Crippen LogP contribution in [0.15, 0.2) is 24.5 Å². The van der Waals surface area contributed by atoms with E-state index in [2.05, 4.69) is 19.9 Å². The Morgan fingerprint density at radius 1 is 0.636 bits per heavy atom. The molecule has 0 aliphatic heterocycles. The van der Waals surface area contributed by atoms with Crippen LogP contribution >= 0.6 is 7.82 Å². The molecule has 0 rings (SSSR count). The molecule has 10 nitrogen and oxygen atoms in total. The lowest BCUT2D eigenvalue weighted by atomic mass is 10.0.